The van der Waals surface area contributed by atoms with Gasteiger partial charge in [0.25, 0.3) is 0 Å². The molecule has 10 heteroatoms. The smallest absolute Gasteiger partial charge is 0.395 e. The first-order valence-electron chi connectivity index (χ1n) is 8.27. The minimum Gasteiger partial charge on any atom is -0.395 e. The first-order valence-corrected chi connectivity index (χ1v) is 8.27. The third-order valence-electron chi connectivity index (χ3n) is 4.28. The van der Waals surface area contributed by atoms with Crippen LogP contribution in [0.5, 0.6) is 0 Å². The van der Waals surface area contributed by atoms with E-state index in [1.54, 1.807) is 0 Å². The second-order valence-electron chi connectivity index (χ2n) is 6.20. The molecule has 142 valence electrons. The predicted octanol–water partition coefficient (Wildman–Crippen LogP) is 1.13. The average molecular weight is 371 g/mol. The highest BCUT2D eigenvalue weighted by molar-refractivity contribution is 5.94. The number of imidazole rings is 1. The number of β-amino-alcohol motifs (C(OH)–C–C–N with tert-alkyl or cyclic N) is 1. The number of carbonyl (C=O) groups excluding carboxylic acids is 1. The molecule has 2 aromatic rings. The number of aromatic amines is 1. The van der Waals surface area contributed by atoms with Crippen LogP contribution in [-0.4, -0.2) is 76.7 Å². The molecular weight excluding hydrogens is 351 g/mol. The number of nitrogens with zero attached hydrogens (tertiary/aromatic N) is 3. The third kappa shape index (κ3) is 4.51. The molecule has 7 nitrogen and oxygen atoms in total. The number of nitrogens with one attached hydrogen (secondary N) is 2. The quantitative estimate of drug-likeness (QED) is 0.734. The molecule has 0 saturated carbocycles. The lowest BCUT2D eigenvalue weighted by Gasteiger charge is -2.33. The van der Waals surface area contributed by atoms with Crippen LogP contribution in [0, 0.1) is 0 Å². The number of anilines is 1. The van der Waals surface area contributed by atoms with Crippen LogP contribution < -0.4 is 5.32 Å². The number of hydrogen-bond acceptors (Lipinski definition) is 5. The number of rotatable bonds is 5. The Hall–Kier alpha value is -2.17. The molecule has 1 aliphatic rings. The molecule has 1 amide bonds. The van der Waals surface area contributed by atoms with Crippen LogP contribution in [0.3, 0.4) is 0 Å². The van der Waals surface area contributed by atoms with Gasteiger partial charge in [0.2, 0.25) is 11.7 Å². The number of carbonyl (C=O) groups is 1. The lowest BCUT2D eigenvalue weighted by atomic mass is 10.2. The number of halogens is 3. The van der Waals surface area contributed by atoms with Gasteiger partial charge in [-0.3, -0.25) is 14.6 Å². The number of amides is 1. The molecule has 0 radical (unpaired) electrons. The van der Waals surface area contributed by atoms with Gasteiger partial charge >= 0.3 is 6.18 Å². The van der Waals surface area contributed by atoms with Gasteiger partial charge in [-0.05, 0) is 18.2 Å². The van der Waals surface area contributed by atoms with Crippen molar-refractivity contribution in [2.75, 3.05) is 51.2 Å². The first-order chi connectivity index (χ1) is 12.3. The number of benzene rings is 1. The van der Waals surface area contributed by atoms with Crippen molar-refractivity contribution in [3.05, 3.63) is 24.0 Å². The number of aliphatic hydroxyl groups is 1. The molecule has 1 aliphatic heterocycles. The third-order valence-corrected chi connectivity index (χ3v) is 4.28. The van der Waals surface area contributed by atoms with E-state index in [1.807, 2.05) is 4.90 Å². The van der Waals surface area contributed by atoms with Crippen molar-refractivity contribution >= 4 is 22.6 Å². The van der Waals surface area contributed by atoms with E-state index >= 15 is 0 Å². The van der Waals surface area contributed by atoms with E-state index < -0.39 is 12.0 Å². The normalized spacial score (nSPS) is 16.9. The Bertz CT molecular complexity index is 769. The zero-order valence-corrected chi connectivity index (χ0v) is 14.0. The van der Waals surface area contributed by atoms with Gasteiger partial charge in [-0.15, -0.1) is 0 Å². The van der Waals surface area contributed by atoms with E-state index in [2.05, 4.69) is 20.2 Å². The highest BCUT2D eigenvalue weighted by Crippen LogP contribution is 2.29. The zero-order chi connectivity index (χ0) is 18.7. The second-order valence-corrected chi connectivity index (χ2v) is 6.20. The predicted molar refractivity (Wildman–Crippen MR) is 89.7 cm³/mol. The number of piperazine rings is 1. The van der Waals surface area contributed by atoms with Crippen molar-refractivity contribution in [2.45, 2.75) is 6.18 Å². The van der Waals surface area contributed by atoms with Gasteiger partial charge < -0.3 is 15.4 Å². The first kappa shape index (κ1) is 18.6. The Morgan fingerprint density at radius 2 is 1.92 bits per heavy atom. The summed E-state index contributed by atoms with van der Waals surface area (Å²) < 4.78 is 38.1. The molecule has 0 spiro atoms. The molecule has 26 heavy (non-hydrogen) atoms. The van der Waals surface area contributed by atoms with Crippen LogP contribution in [-0.2, 0) is 11.0 Å². The van der Waals surface area contributed by atoms with E-state index in [0.29, 0.717) is 12.2 Å². The van der Waals surface area contributed by atoms with Gasteiger partial charge in [0.1, 0.15) is 0 Å². The Morgan fingerprint density at radius 3 is 2.58 bits per heavy atom. The van der Waals surface area contributed by atoms with E-state index in [-0.39, 0.29) is 30.1 Å². The summed E-state index contributed by atoms with van der Waals surface area (Å²) in [4.78, 5) is 22.0. The topological polar surface area (TPSA) is 84.5 Å². The van der Waals surface area contributed by atoms with Gasteiger partial charge in [0.15, 0.2) is 0 Å². The van der Waals surface area contributed by atoms with Crippen LogP contribution in [0.1, 0.15) is 5.82 Å². The molecule has 0 atom stereocenters. The monoisotopic (exact) mass is 371 g/mol. The number of H-pyrrole nitrogens is 1. The summed E-state index contributed by atoms with van der Waals surface area (Å²) in [5, 5.41) is 11.6. The standard InChI is InChI=1S/C16H20F3N5O2/c17-16(18,19)15-21-12-2-1-11(9-13(12)22-15)20-14(26)10-24-5-3-23(4-6-24)7-8-25/h1-2,9,25H,3-8,10H2,(H,20,26)(H,21,22). The van der Waals surface area contributed by atoms with Gasteiger partial charge in [-0.25, -0.2) is 4.98 Å². The Balaban J connectivity index is 1.57. The lowest BCUT2D eigenvalue weighted by Crippen LogP contribution is -2.49. The maximum atomic E-state index is 12.7. The molecule has 1 aromatic heterocycles. The van der Waals surface area contributed by atoms with Crippen molar-refractivity contribution in [1.82, 2.24) is 19.8 Å². The van der Waals surface area contributed by atoms with Crippen molar-refractivity contribution in [2.24, 2.45) is 0 Å². The highest BCUT2D eigenvalue weighted by Gasteiger charge is 2.34. The maximum Gasteiger partial charge on any atom is 0.449 e. The van der Waals surface area contributed by atoms with Gasteiger partial charge in [0.05, 0.1) is 24.2 Å². The fraction of sp³-hybridized carbons (Fsp3) is 0.500. The summed E-state index contributed by atoms with van der Waals surface area (Å²) in [7, 11) is 0. The summed E-state index contributed by atoms with van der Waals surface area (Å²) >= 11 is 0. The fourth-order valence-corrected chi connectivity index (χ4v) is 2.94. The Labute approximate surface area is 147 Å². The van der Waals surface area contributed by atoms with Gasteiger partial charge in [-0.1, -0.05) is 0 Å². The van der Waals surface area contributed by atoms with Crippen LogP contribution in [0.4, 0.5) is 18.9 Å². The summed E-state index contributed by atoms with van der Waals surface area (Å²) in [5.41, 5.74) is 0.821. The van der Waals surface area contributed by atoms with Crippen LogP contribution in [0.2, 0.25) is 0 Å². The average Bonchev–Trinajstić information content (AvgIpc) is 3.00. The number of alkyl halides is 3. The van der Waals surface area contributed by atoms with Crippen molar-refractivity contribution in [3.8, 4) is 0 Å². The summed E-state index contributed by atoms with van der Waals surface area (Å²) in [6, 6.07) is 4.40. The second kappa shape index (κ2) is 7.60. The summed E-state index contributed by atoms with van der Waals surface area (Å²) in [6.07, 6.45) is -4.54. The largest absolute Gasteiger partial charge is 0.449 e. The number of fused-ring (bicyclic) bond motifs is 1. The minimum absolute atomic E-state index is 0.118. The molecule has 0 bridgehead atoms. The van der Waals surface area contributed by atoms with E-state index in [4.69, 9.17) is 5.11 Å². The lowest BCUT2D eigenvalue weighted by molar-refractivity contribution is -0.144. The number of aromatic nitrogens is 2. The minimum atomic E-state index is -4.54. The number of hydrogen-bond donors (Lipinski definition) is 3. The van der Waals surface area contributed by atoms with Crippen LogP contribution in [0.15, 0.2) is 18.2 Å². The molecule has 3 rings (SSSR count). The van der Waals surface area contributed by atoms with Crippen LogP contribution >= 0.6 is 0 Å². The van der Waals surface area contributed by atoms with Gasteiger partial charge in [0, 0.05) is 38.4 Å². The highest BCUT2D eigenvalue weighted by atomic mass is 19.4. The van der Waals surface area contributed by atoms with E-state index in [9.17, 15) is 18.0 Å². The fourth-order valence-electron chi connectivity index (χ4n) is 2.94. The van der Waals surface area contributed by atoms with Crippen molar-refractivity contribution in [1.29, 1.82) is 0 Å². The molecule has 1 aromatic carbocycles. The summed E-state index contributed by atoms with van der Waals surface area (Å²) in [6.45, 7) is 3.98. The molecular formula is C16H20F3N5O2. The molecule has 0 aliphatic carbocycles. The zero-order valence-electron chi connectivity index (χ0n) is 14.0. The SMILES string of the molecule is O=C(CN1CCN(CCO)CC1)Nc1ccc2nc(C(F)(F)F)[nH]c2c1. The molecule has 2 heterocycles. The molecule has 3 N–H and O–H groups in total. The Morgan fingerprint density at radius 1 is 1.23 bits per heavy atom. The van der Waals surface area contributed by atoms with Crippen molar-refractivity contribution in [3.63, 3.8) is 0 Å². The molecule has 1 fully saturated rings. The number of aliphatic hydroxyl groups excluding tert-OH is 1. The van der Waals surface area contributed by atoms with Gasteiger partial charge in [-0.2, -0.15) is 13.2 Å². The van der Waals surface area contributed by atoms with Crippen molar-refractivity contribution < 1.29 is 23.1 Å². The van der Waals surface area contributed by atoms with E-state index in [1.165, 1.54) is 18.2 Å². The Kier molecular flexibility index (Phi) is 5.44. The van der Waals surface area contributed by atoms with E-state index in [0.717, 1.165) is 26.2 Å². The van der Waals surface area contributed by atoms with Crippen LogP contribution in [0.25, 0.3) is 11.0 Å². The summed E-state index contributed by atoms with van der Waals surface area (Å²) in [5.74, 6) is -1.28. The maximum absolute atomic E-state index is 12.7. The molecule has 1 saturated heterocycles. The molecule has 0 unspecified atom stereocenters.